The molecule has 2 aromatic rings. The number of nitrogens with zero attached hydrogens (tertiary/aromatic N) is 4. The number of aromatic nitrogens is 4. The molecule has 0 aliphatic rings. The van der Waals surface area contributed by atoms with Gasteiger partial charge in [-0.05, 0) is 18.9 Å². The van der Waals surface area contributed by atoms with Crippen LogP contribution < -0.4 is 5.32 Å². The number of hydrogen-bond acceptors (Lipinski definition) is 3. The highest BCUT2D eigenvalue weighted by Gasteiger charge is 2.07. The minimum absolute atomic E-state index is 0.835. The van der Waals surface area contributed by atoms with Crippen molar-refractivity contribution in [2.45, 2.75) is 39.8 Å². The van der Waals surface area contributed by atoms with Gasteiger partial charge < -0.3 is 5.32 Å². The van der Waals surface area contributed by atoms with E-state index in [1.165, 1.54) is 17.0 Å². The average Bonchev–Trinajstić information content (AvgIpc) is 2.93. The van der Waals surface area contributed by atoms with Gasteiger partial charge in [-0.2, -0.15) is 10.2 Å². The summed E-state index contributed by atoms with van der Waals surface area (Å²) >= 11 is 0. The van der Waals surface area contributed by atoms with Crippen LogP contribution in [-0.2, 0) is 40.0 Å². The van der Waals surface area contributed by atoms with E-state index in [0.29, 0.717) is 0 Å². The second-order valence-electron chi connectivity index (χ2n) is 4.84. The standard InChI is InChI=1S/C14H23N5/c1-5-12-7-13(19(4)16-12)9-15-8-11-10-18(3)17-14(11)6-2/h7,10,15H,5-6,8-9H2,1-4H3. The van der Waals surface area contributed by atoms with Crippen LogP contribution in [0.25, 0.3) is 0 Å². The molecular weight excluding hydrogens is 238 g/mol. The first-order valence-corrected chi connectivity index (χ1v) is 6.88. The van der Waals surface area contributed by atoms with Crippen LogP contribution in [0, 0.1) is 0 Å². The molecule has 104 valence electrons. The highest BCUT2D eigenvalue weighted by molar-refractivity contribution is 5.17. The van der Waals surface area contributed by atoms with Gasteiger partial charge in [0.05, 0.1) is 17.1 Å². The van der Waals surface area contributed by atoms with Crippen LogP contribution in [0.5, 0.6) is 0 Å². The van der Waals surface area contributed by atoms with Crippen molar-refractivity contribution in [2.75, 3.05) is 0 Å². The van der Waals surface area contributed by atoms with Gasteiger partial charge in [0.15, 0.2) is 0 Å². The molecule has 0 fully saturated rings. The molecule has 0 bridgehead atoms. The van der Waals surface area contributed by atoms with Gasteiger partial charge in [-0.1, -0.05) is 13.8 Å². The predicted octanol–water partition coefficient (Wildman–Crippen LogP) is 1.57. The van der Waals surface area contributed by atoms with Crippen molar-refractivity contribution in [3.8, 4) is 0 Å². The van der Waals surface area contributed by atoms with Crippen LogP contribution in [-0.4, -0.2) is 19.6 Å². The molecule has 2 aromatic heterocycles. The fourth-order valence-corrected chi connectivity index (χ4v) is 2.26. The molecule has 0 unspecified atom stereocenters. The number of rotatable bonds is 6. The largest absolute Gasteiger partial charge is 0.307 e. The average molecular weight is 261 g/mol. The SMILES string of the molecule is CCc1cc(CNCc2cn(C)nc2CC)n(C)n1. The first kappa shape index (κ1) is 13.8. The van der Waals surface area contributed by atoms with Gasteiger partial charge in [0.2, 0.25) is 0 Å². The molecule has 0 aromatic carbocycles. The zero-order valence-corrected chi connectivity index (χ0v) is 12.3. The van der Waals surface area contributed by atoms with E-state index in [1.54, 1.807) is 0 Å². The smallest absolute Gasteiger partial charge is 0.0666 e. The van der Waals surface area contributed by atoms with Crippen molar-refractivity contribution in [1.29, 1.82) is 0 Å². The van der Waals surface area contributed by atoms with Gasteiger partial charge in [-0.3, -0.25) is 9.36 Å². The summed E-state index contributed by atoms with van der Waals surface area (Å²) in [5.74, 6) is 0. The van der Waals surface area contributed by atoms with Gasteiger partial charge >= 0.3 is 0 Å². The van der Waals surface area contributed by atoms with E-state index in [2.05, 4.69) is 41.6 Å². The van der Waals surface area contributed by atoms with Gasteiger partial charge in [-0.25, -0.2) is 0 Å². The molecule has 2 rings (SSSR count). The molecule has 0 saturated carbocycles. The van der Waals surface area contributed by atoms with Crippen molar-refractivity contribution >= 4 is 0 Å². The molecule has 19 heavy (non-hydrogen) atoms. The Morgan fingerprint density at radius 3 is 2.53 bits per heavy atom. The first-order chi connectivity index (χ1) is 9.13. The van der Waals surface area contributed by atoms with Crippen LogP contribution in [0.3, 0.4) is 0 Å². The summed E-state index contributed by atoms with van der Waals surface area (Å²) in [5, 5.41) is 12.4. The number of aryl methyl sites for hydroxylation is 4. The second-order valence-corrected chi connectivity index (χ2v) is 4.84. The summed E-state index contributed by atoms with van der Waals surface area (Å²) in [5.41, 5.74) is 4.82. The molecule has 0 radical (unpaired) electrons. The zero-order chi connectivity index (χ0) is 13.8. The Morgan fingerprint density at radius 1 is 1.11 bits per heavy atom. The Labute approximate surface area is 114 Å². The van der Waals surface area contributed by atoms with Crippen molar-refractivity contribution < 1.29 is 0 Å². The van der Waals surface area contributed by atoms with Crippen LogP contribution in [0.4, 0.5) is 0 Å². The van der Waals surface area contributed by atoms with E-state index in [-0.39, 0.29) is 0 Å². The van der Waals surface area contributed by atoms with Crippen LogP contribution in [0.1, 0.15) is 36.5 Å². The quantitative estimate of drug-likeness (QED) is 0.858. The van der Waals surface area contributed by atoms with E-state index >= 15 is 0 Å². The molecular formula is C14H23N5. The summed E-state index contributed by atoms with van der Waals surface area (Å²) in [6.45, 7) is 5.95. The van der Waals surface area contributed by atoms with Crippen LogP contribution >= 0.6 is 0 Å². The molecule has 5 nitrogen and oxygen atoms in total. The van der Waals surface area contributed by atoms with Crippen molar-refractivity contribution in [1.82, 2.24) is 24.9 Å². The lowest BCUT2D eigenvalue weighted by atomic mass is 10.2. The summed E-state index contributed by atoms with van der Waals surface area (Å²) in [4.78, 5) is 0. The minimum atomic E-state index is 0.835. The maximum Gasteiger partial charge on any atom is 0.0666 e. The topological polar surface area (TPSA) is 47.7 Å². The lowest BCUT2D eigenvalue weighted by Gasteiger charge is -2.04. The third-order valence-electron chi connectivity index (χ3n) is 3.34. The Hall–Kier alpha value is -1.62. The van der Waals surface area contributed by atoms with Gasteiger partial charge in [-0.15, -0.1) is 0 Å². The minimum Gasteiger partial charge on any atom is -0.307 e. The van der Waals surface area contributed by atoms with E-state index in [1.807, 2.05) is 23.5 Å². The van der Waals surface area contributed by atoms with Crippen LogP contribution in [0.2, 0.25) is 0 Å². The van der Waals surface area contributed by atoms with Gasteiger partial charge in [0, 0.05) is 38.9 Å². The van der Waals surface area contributed by atoms with Crippen molar-refractivity contribution in [2.24, 2.45) is 14.1 Å². The molecule has 2 heterocycles. The Morgan fingerprint density at radius 2 is 1.89 bits per heavy atom. The van der Waals surface area contributed by atoms with Gasteiger partial charge in [0.25, 0.3) is 0 Å². The fourth-order valence-electron chi connectivity index (χ4n) is 2.26. The Kier molecular flexibility index (Phi) is 4.37. The summed E-state index contributed by atoms with van der Waals surface area (Å²) < 4.78 is 3.84. The highest BCUT2D eigenvalue weighted by atomic mass is 15.3. The molecule has 0 atom stereocenters. The fraction of sp³-hybridized carbons (Fsp3) is 0.571. The summed E-state index contributed by atoms with van der Waals surface area (Å²) in [7, 11) is 3.97. The first-order valence-electron chi connectivity index (χ1n) is 6.88. The molecule has 5 heteroatoms. The Bertz CT molecular complexity index is 538. The number of nitrogens with one attached hydrogen (secondary N) is 1. The summed E-state index contributed by atoms with van der Waals surface area (Å²) in [6.07, 6.45) is 4.05. The molecule has 1 N–H and O–H groups in total. The van der Waals surface area contributed by atoms with Crippen molar-refractivity contribution in [3.05, 3.63) is 34.9 Å². The normalized spacial score (nSPS) is 11.2. The highest BCUT2D eigenvalue weighted by Crippen LogP contribution is 2.08. The maximum atomic E-state index is 4.45. The summed E-state index contributed by atoms with van der Waals surface area (Å²) in [6, 6.07) is 2.16. The zero-order valence-electron chi connectivity index (χ0n) is 12.3. The molecule has 0 aliphatic heterocycles. The van der Waals surface area contributed by atoms with E-state index < -0.39 is 0 Å². The molecule has 0 aliphatic carbocycles. The predicted molar refractivity (Wildman–Crippen MR) is 75.7 cm³/mol. The van der Waals surface area contributed by atoms with E-state index in [4.69, 9.17) is 0 Å². The maximum absolute atomic E-state index is 4.45. The van der Waals surface area contributed by atoms with Gasteiger partial charge in [0.1, 0.15) is 0 Å². The number of hydrogen-bond donors (Lipinski definition) is 1. The molecule has 0 spiro atoms. The lowest BCUT2D eigenvalue weighted by Crippen LogP contribution is -2.15. The van der Waals surface area contributed by atoms with Crippen molar-refractivity contribution in [3.63, 3.8) is 0 Å². The van der Waals surface area contributed by atoms with Crippen LogP contribution in [0.15, 0.2) is 12.3 Å². The third-order valence-corrected chi connectivity index (χ3v) is 3.34. The third kappa shape index (κ3) is 3.23. The Balaban J connectivity index is 1.94. The van der Waals surface area contributed by atoms with E-state index in [0.717, 1.165) is 31.6 Å². The molecule has 0 saturated heterocycles. The molecule has 0 amide bonds. The lowest BCUT2D eigenvalue weighted by molar-refractivity contribution is 0.621. The second kappa shape index (κ2) is 6.02. The van der Waals surface area contributed by atoms with E-state index in [9.17, 15) is 0 Å². The monoisotopic (exact) mass is 261 g/mol.